The molecule has 1 aliphatic rings. The molecule has 1 aliphatic heterocycles. The first-order valence-corrected chi connectivity index (χ1v) is 20.8. The zero-order valence-corrected chi connectivity index (χ0v) is 36.0. The molecule has 7 aromatic rings. The van der Waals surface area contributed by atoms with Gasteiger partial charge >= 0.3 is 0 Å². The lowest BCUT2D eigenvalue weighted by molar-refractivity contribution is -0.125. The van der Waals surface area contributed by atoms with Gasteiger partial charge in [-0.15, -0.1) is 0 Å². The van der Waals surface area contributed by atoms with Crippen molar-refractivity contribution in [3.63, 3.8) is 0 Å². The number of anilines is 3. The molecule has 0 spiro atoms. The highest BCUT2D eigenvalue weighted by atomic mass is 16.5. The number of hydrogen-bond acceptors (Lipinski definition) is 16. The molecule has 0 radical (unpaired) electrons. The Balaban J connectivity index is 0.903. The number of nitriles is 3. The molecule has 5 heterocycles. The zero-order chi connectivity index (χ0) is 47.6. The highest BCUT2D eigenvalue weighted by Crippen LogP contribution is 2.37. The molecule has 0 saturated carbocycles. The summed E-state index contributed by atoms with van der Waals surface area (Å²) >= 11 is 0. The predicted molar refractivity (Wildman–Crippen MR) is 248 cm³/mol. The van der Waals surface area contributed by atoms with Crippen LogP contribution in [-0.2, 0) is 16.1 Å². The molecule has 19 heteroatoms. The molecule has 1 fully saturated rings. The van der Waals surface area contributed by atoms with Crippen molar-refractivity contribution in [3.05, 3.63) is 151 Å². The minimum absolute atomic E-state index is 0.0157. The maximum absolute atomic E-state index is 13.4. The first-order chi connectivity index (χ1) is 33.1. The molecule has 5 N–H and O–H groups in total. The Morgan fingerprint density at radius 3 is 2.26 bits per heavy atom. The molecule has 68 heavy (non-hydrogen) atoms. The van der Waals surface area contributed by atoms with Crippen molar-refractivity contribution in [2.75, 3.05) is 36.5 Å². The van der Waals surface area contributed by atoms with E-state index in [9.17, 15) is 14.9 Å². The number of aromatic nitrogens is 7. The van der Waals surface area contributed by atoms with Crippen molar-refractivity contribution >= 4 is 35.2 Å². The lowest BCUT2D eigenvalue weighted by Gasteiger charge is -2.16. The van der Waals surface area contributed by atoms with Gasteiger partial charge in [-0.3, -0.25) is 19.3 Å². The van der Waals surface area contributed by atoms with Crippen LogP contribution in [0.15, 0.2) is 134 Å². The van der Waals surface area contributed by atoms with Crippen LogP contribution < -0.4 is 31.0 Å². The van der Waals surface area contributed by atoms with E-state index in [-0.39, 0.29) is 64.4 Å². The molecule has 8 rings (SSSR count). The third-order valence-corrected chi connectivity index (χ3v) is 10.5. The molecule has 0 aliphatic carbocycles. The fourth-order valence-electron chi connectivity index (χ4n) is 7.22. The Labute approximate surface area is 388 Å². The van der Waals surface area contributed by atoms with E-state index in [1.54, 1.807) is 88.7 Å². The molecule has 2 amide bonds. The molecule has 4 aromatic heterocycles. The molecular formula is C49H38N14O5. The van der Waals surface area contributed by atoms with Gasteiger partial charge in [0.2, 0.25) is 11.8 Å². The van der Waals surface area contributed by atoms with Gasteiger partial charge in [-0.05, 0) is 71.7 Å². The number of benzene rings is 3. The van der Waals surface area contributed by atoms with Gasteiger partial charge in [0.05, 0.1) is 60.2 Å². The quantitative estimate of drug-likeness (QED) is 0.0711. The number of pyridine rings is 1. The number of likely N-dealkylation sites (tertiary alicyclic amines) is 1. The van der Waals surface area contributed by atoms with Crippen LogP contribution in [0.5, 0.6) is 29.0 Å². The molecule has 3 aromatic carbocycles. The van der Waals surface area contributed by atoms with Crippen LogP contribution in [-0.4, -0.2) is 71.1 Å². The van der Waals surface area contributed by atoms with Gasteiger partial charge in [0.1, 0.15) is 64.8 Å². The third kappa shape index (κ3) is 10.5. The van der Waals surface area contributed by atoms with Crippen molar-refractivity contribution in [1.82, 2.24) is 39.6 Å². The fourth-order valence-corrected chi connectivity index (χ4v) is 7.22. The highest BCUT2D eigenvalue weighted by molar-refractivity contribution is 6.09. The summed E-state index contributed by atoms with van der Waals surface area (Å²) in [4.78, 5) is 48.6. The molecule has 1 saturated heterocycles. The lowest BCUT2D eigenvalue weighted by Crippen LogP contribution is -2.30. The second-order valence-corrected chi connectivity index (χ2v) is 15.3. The van der Waals surface area contributed by atoms with Gasteiger partial charge in [0.25, 0.3) is 11.8 Å². The SMILES string of the molecule is C=C(C#N)C(=O)N1CCC(COc2ncnc(N)c2-c2cnn(Cc3cccc(C=C(C#N)C(=O)Nc4cncc(Oc5ncnc(N)c5-c5ccc(Oc6ccc(C#N)cc6)cc5)c4)c3)c2)C1. The number of carbonyl (C=O) groups is 2. The summed E-state index contributed by atoms with van der Waals surface area (Å²) in [5.74, 6) is 1.06. The third-order valence-electron chi connectivity index (χ3n) is 10.5. The normalized spacial score (nSPS) is 13.1. The number of carbonyl (C=O) groups excluding carboxylic acids is 2. The minimum atomic E-state index is -0.673. The van der Waals surface area contributed by atoms with E-state index in [0.29, 0.717) is 70.9 Å². The van der Waals surface area contributed by atoms with Gasteiger partial charge < -0.3 is 35.9 Å². The summed E-state index contributed by atoms with van der Waals surface area (Å²) in [7, 11) is 0. The van der Waals surface area contributed by atoms with Gasteiger partial charge in [0, 0.05) is 36.8 Å². The van der Waals surface area contributed by atoms with E-state index < -0.39 is 5.91 Å². The van der Waals surface area contributed by atoms with Gasteiger partial charge in [-0.1, -0.05) is 36.9 Å². The monoisotopic (exact) mass is 902 g/mol. The minimum Gasteiger partial charge on any atom is -0.477 e. The summed E-state index contributed by atoms with van der Waals surface area (Å²) in [6.45, 7) is 5.03. The average Bonchev–Trinajstić information content (AvgIpc) is 4.03. The number of nitrogens with two attached hydrogens (primary N) is 2. The average molecular weight is 903 g/mol. The maximum atomic E-state index is 13.4. The molecule has 334 valence electrons. The van der Waals surface area contributed by atoms with Crippen molar-refractivity contribution < 1.29 is 23.8 Å². The van der Waals surface area contributed by atoms with E-state index in [1.807, 2.05) is 18.2 Å². The highest BCUT2D eigenvalue weighted by Gasteiger charge is 2.29. The Hall–Kier alpha value is -9.93. The Morgan fingerprint density at radius 1 is 0.824 bits per heavy atom. The van der Waals surface area contributed by atoms with Crippen LogP contribution in [0.3, 0.4) is 0 Å². The van der Waals surface area contributed by atoms with E-state index >= 15 is 0 Å². The summed E-state index contributed by atoms with van der Waals surface area (Å²) in [5.41, 5.74) is 16.7. The molecule has 1 atom stereocenters. The molecular weight excluding hydrogens is 865 g/mol. The number of hydrogen-bond donors (Lipinski definition) is 3. The molecule has 1 unspecified atom stereocenters. The number of nitrogens with one attached hydrogen (secondary N) is 1. The summed E-state index contributed by atoms with van der Waals surface area (Å²) in [5, 5.41) is 35.4. The Bertz CT molecular complexity index is 3200. The van der Waals surface area contributed by atoms with Crippen molar-refractivity contribution in [1.29, 1.82) is 15.8 Å². The summed E-state index contributed by atoms with van der Waals surface area (Å²) < 4.78 is 19.8. The van der Waals surface area contributed by atoms with Crippen LogP contribution in [0, 0.1) is 39.9 Å². The van der Waals surface area contributed by atoms with Gasteiger partial charge in [-0.2, -0.15) is 20.9 Å². The van der Waals surface area contributed by atoms with Gasteiger partial charge in [-0.25, -0.2) is 19.9 Å². The molecule has 0 bridgehead atoms. The number of nitrogen functional groups attached to an aromatic ring is 2. The second-order valence-electron chi connectivity index (χ2n) is 15.3. The van der Waals surface area contributed by atoms with Crippen molar-refractivity contribution in [3.8, 4) is 69.5 Å². The summed E-state index contributed by atoms with van der Waals surface area (Å²) in [6, 6.07) is 28.5. The number of nitrogens with zero attached hydrogens (tertiary/aromatic N) is 11. The molecule has 19 nitrogen and oxygen atoms in total. The van der Waals surface area contributed by atoms with Gasteiger partial charge in [0.15, 0.2) is 0 Å². The smallest absolute Gasteiger partial charge is 0.266 e. The number of amides is 2. The fraction of sp³-hybridized carbons (Fsp3) is 0.122. The predicted octanol–water partition coefficient (Wildman–Crippen LogP) is 6.71. The van der Waals surface area contributed by atoms with Crippen molar-refractivity contribution in [2.45, 2.75) is 13.0 Å². The maximum Gasteiger partial charge on any atom is 0.266 e. The second kappa shape index (κ2) is 20.3. The summed E-state index contributed by atoms with van der Waals surface area (Å²) in [6.07, 6.45) is 11.0. The van der Waals surface area contributed by atoms with Crippen molar-refractivity contribution in [2.24, 2.45) is 5.92 Å². The van der Waals surface area contributed by atoms with Crippen LogP contribution in [0.25, 0.3) is 28.3 Å². The zero-order valence-electron chi connectivity index (χ0n) is 36.0. The Morgan fingerprint density at radius 2 is 1.54 bits per heavy atom. The van der Waals surface area contributed by atoms with Crippen LogP contribution >= 0.6 is 0 Å². The lowest BCUT2D eigenvalue weighted by atomic mass is 10.1. The number of ether oxygens (including phenoxy) is 3. The topological polar surface area (TPSA) is 283 Å². The van der Waals surface area contributed by atoms with Crippen LogP contribution in [0.1, 0.15) is 23.1 Å². The van der Waals surface area contributed by atoms with E-state index in [4.69, 9.17) is 36.2 Å². The Kier molecular flexibility index (Phi) is 13.3. The first kappa shape index (κ1) is 44.7. The van der Waals surface area contributed by atoms with Crippen LogP contribution in [0.4, 0.5) is 17.3 Å². The van der Waals surface area contributed by atoms with E-state index in [2.05, 4.69) is 48.0 Å². The standard InChI is InChI=1S/C49H38N14O5/c1-30(18-50)49(65)62-14-13-34(24-62)27-66-47-43(45(54)56-28-58-47)37-21-60-63(26-37)25-33-4-2-3-32(15-33)16-36(20-52)46(64)61-38-17-41(23-55-22-38)68-48-42(44(53)57-29-59-48)35-7-11-40(12-8-35)67-39-9-5-31(19-51)6-10-39/h2-12,15-17,21-23,26,28-29,34H,1,13-14,24-25,27H2,(H,61,64)(H2,53,57,59)(H2,54,56,58). The largest absolute Gasteiger partial charge is 0.477 e. The first-order valence-electron chi connectivity index (χ1n) is 20.8. The van der Waals surface area contributed by atoms with Crippen LogP contribution in [0.2, 0.25) is 0 Å². The number of rotatable bonds is 15. The van der Waals surface area contributed by atoms with E-state index in [0.717, 1.165) is 5.56 Å². The van der Waals surface area contributed by atoms with E-state index in [1.165, 1.54) is 37.2 Å².